The summed E-state index contributed by atoms with van der Waals surface area (Å²) in [7, 11) is 1.32. The van der Waals surface area contributed by atoms with Crippen LogP contribution in [0.5, 0.6) is 0 Å². The smallest absolute Gasteiger partial charge is 0.339 e. The van der Waals surface area contributed by atoms with Gasteiger partial charge in [0.05, 0.1) is 23.2 Å². The second kappa shape index (κ2) is 8.46. The van der Waals surface area contributed by atoms with Crippen molar-refractivity contribution in [2.45, 2.75) is 31.2 Å². The number of rotatable bonds is 4. The molecule has 27 heavy (non-hydrogen) atoms. The molecule has 0 aliphatic heterocycles. The molecule has 2 aromatic carbocycles. The maximum Gasteiger partial charge on any atom is 0.339 e. The van der Waals surface area contributed by atoms with E-state index in [2.05, 4.69) is 10.6 Å². The largest absolute Gasteiger partial charge is 0.465 e. The van der Waals surface area contributed by atoms with Gasteiger partial charge in [-0.1, -0.05) is 54.2 Å². The first-order chi connectivity index (χ1) is 12.9. The third kappa shape index (κ3) is 4.37. The molecule has 0 spiro atoms. The molecular weight excluding hydrogens is 403 g/mol. The summed E-state index contributed by atoms with van der Waals surface area (Å²) in [5.74, 6) is -0.495. The fraction of sp³-hybridized carbons (Fsp3) is 0.300. The Morgan fingerprint density at radius 1 is 1.11 bits per heavy atom. The third-order valence-corrected chi connectivity index (χ3v) is 5.69. The molecule has 7 heteroatoms. The second-order valence-corrected chi connectivity index (χ2v) is 7.76. The van der Waals surface area contributed by atoms with Gasteiger partial charge in [-0.3, -0.25) is 0 Å². The van der Waals surface area contributed by atoms with Crippen molar-refractivity contribution in [3.63, 3.8) is 0 Å². The van der Waals surface area contributed by atoms with Gasteiger partial charge in [-0.2, -0.15) is 0 Å². The van der Waals surface area contributed by atoms with Gasteiger partial charge in [-0.15, -0.1) is 0 Å². The van der Waals surface area contributed by atoms with Gasteiger partial charge >= 0.3 is 5.97 Å². The molecule has 1 fully saturated rings. The maximum atomic E-state index is 11.8. The number of thiocarbonyl (C=S) groups is 1. The number of ether oxygens (including phenoxy) is 1. The van der Waals surface area contributed by atoms with Crippen LogP contribution >= 0.6 is 35.4 Å². The van der Waals surface area contributed by atoms with Gasteiger partial charge in [-0.25, -0.2) is 4.79 Å². The van der Waals surface area contributed by atoms with E-state index >= 15 is 0 Å². The van der Waals surface area contributed by atoms with Crippen LogP contribution in [0, 0.1) is 0 Å². The lowest BCUT2D eigenvalue weighted by Crippen LogP contribution is -2.45. The number of halogens is 2. The molecule has 0 radical (unpaired) electrons. The Labute approximate surface area is 174 Å². The van der Waals surface area contributed by atoms with Gasteiger partial charge in [0.1, 0.15) is 0 Å². The average molecular weight is 423 g/mol. The van der Waals surface area contributed by atoms with E-state index in [4.69, 9.17) is 40.2 Å². The van der Waals surface area contributed by atoms with E-state index in [0.29, 0.717) is 15.8 Å². The lowest BCUT2D eigenvalue weighted by atomic mass is 9.88. The van der Waals surface area contributed by atoms with E-state index in [9.17, 15) is 4.79 Å². The molecule has 3 rings (SSSR count). The molecule has 0 aromatic heterocycles. The van der Waals surface area contributed by atoms with E-state index in [-0.39, 0.29) is 11.1 Å². The molecule has 1 aliphatic carbocycles. The molecule has 1 saturated carbocycles. The van der Waals surface area contributed by atoms with Crippen LogP contribution in [0.1, 0.15) is 41.6 Å². The first-order valence-corrected chi connectivity index (χ1v) is 9.84. The zero-order valence-electron chi connectivity index (χ0n) is 14.9. The fourth-order valence-corrected chi connectivity index (χ4v) is 4.36. The third-order valence-electron chi connectivity index (χ3n) is 4.83. The number of esters is 1. The van der Waals surface area contributed by atoms with E-state index in [1.54, 1.807) is 18.2 Å². The summed E-state index contributed by atoms with van der Waals surface area (Å²) < 4.78 is 4.76. The molecule has 4 nitrogen and oxygen atoms in total. The average Bonchev–Trinajstić information content (AvgIpc) is 3.12. The Morgan fingerprint density at radius 3 is 2.48 bits per heavy atom. The summed E-state index contributed by atoms with van der Waals surface area (Å²) in [6.07, 6.45) is 4.11. The van der Waals surface area contributed by atoms with Gasteiger partial charge in [0.2, 0.25) is 0 Å². The van der Waals surface area contributed by atoms with Crippen molar-refractivity contribution in [2.75, 3.05) is 12.4 Å². The molecule has 1 aliphatic rings. The lowest BCUT2D eigenvalue weighted by Gasteiger charge is -2.33. The topological polar surface area (TPSA) is 50.4 Å². The summed E-state index contributed by atoms with van der Waals surface area (Å²) in [5.41, 5.74) is 1.71. The van der Waals surface area contributed by atoms with Crippen molar-refractivity contribution >= 4 is 52.2 Å². The number of nitrogens with one attached hydrogen (secondary N) is 2. The normalized spacial score (nSPS) is 15.2. The van der Waals surface area contributed by atoms with Gasteiger partial charge in [0.15, 0.2) is 5.11 Å². The highest BCUT2D eigenvalue weighted by atomic mass is 35.5. The number of hydrogen-bond donors (Lipinski definition) is 2. The highest BCUT2D eigenvalue weighted by molar-refractivity contribution is 7.80. The minimum absolute atomic E-state index is 0.286. The summed E-state index contributed by atoms with van der Waals surface area (Å²) in [4.78, 5) is 11.8. The summed E-state index contributed by atoms with van der Waals surface area (Å²) in [6.45, 7) is 0. The minimum atomic E-state index is -0.495. The first-order valence-electron chi connectivity index (χ1n) is 8.67. The SMILES string of the molecule is COC(=O)c1cc(NC(=S)NC2(c3ccccc3Cl)CCCC2)ccc1Cl. The molecule has 0 saturated heterocycles. The molecule has 0 unspecified atom stereocenters. The van der Waals surface area contributed by atoms with Crippen LogP contribution in [-0.4, -0.2) is 18.2 Å². The van der Waals surface area contributed by atoms with Gasteiger partial charge in [0, 0.05) is 10.7 Å². The Balaban J connectivity index is 1.80. The number of carbonyl (C=O) groups is 1. The summed E-state index contributed by atoms with van der Waals surface area (Å²) >= 11 is 18.1. The minimum Gasteiger partial charge on any atom is -0.465 e. The van der Waals surface area contributed by atoms with Crippen LogP contribution in [0.25, 0.3) is 0 Å². The van der Waals surface area contributed by atoms with Crippen molar-refractivity contribution in [2.24, 2.45) is 0 Å². The Morgan fingerprint density at radius 2 is 1.81 bits per heavy atom. The Kier molecular flexibility index (Phi) is 6.25. The molecule has 2 aromatic rings. The first kappa shape index (κ1) is 19.9. The van der Waals surface area contributed by atoms with Crippen molar-refractivity contribution in [1.29, 1.82) is 0 Å². The number of benzene rings is 2. The van der Waals surface area contributed by atoms with Crippen LogP contribution in [0.3, 0.4) is 0 Å². The number of hydrogen-bond acceptors (Lipinski definition) is 3. The second-order valence-electron chi connectivity index (χ2n) is 6.53. The van der Waals surface area contributed by atoms with Crippen LogP contribution < -0.4 is 10.6 Å². The molecular formula is C20H20Cl2N2O2S. The van der Waals surface area contributed by atoms with Gasteiger partial charge < -0.3 is 15.4 Å². The summed E-state index contributed by atoms with van der Waals surface area (Å²) in [6, 6.07) is 12.9. The van der Waals surface area contributed by atoms with E-state index < -0.39 is 5.97 Å². The van der Waals surface area contributed by atoms with Crippen LogP contribution in [0.2, 0.25) is 10.0 Å². The highest BCUT2D eigenvalue weighted by Crippen LogP contribution is 2.41. The van der Waals surface area contributed by atoms with E-state index in [1.807, 2.05) is 24.3 Å². The van der Waals surface area contributed by atoms with Crippen molar-refractivity contribution in [3.05, 3.63) is 63.6 Å². The molecule has 0 heterocycles. The maximum absolute atomic E-state index is 11.8. The molecule has 0 atom stereocenters. The molecule has 0 bridgehead atoms. The zero-order chi connectivity index (χ0) is 19.4. The monoisotopic (exact) mass is 422 g/mol. The van der Waals surface area contributed by atoms with Crippen molar-refractivity contribution < 1.29 is 9.53 Å². The quantitative estimate of drug-likeness (QED) is 0.500. The van der Waals surface area contributed by atoms with Crippen LogP contribution in [-0.2, 0) is 10.3 Å². The summed E-state index contributed by atoms with van der Waals surface area (Å²) in [5, 5.41) is 8.13. The van der Waals surface area contributed by atoms with Crippen LogP contribution in [0.4, 0.5) is 5.69 Å². The van der Waals surface area contributed by atoms with Crippen molar-refractivity contribution in [3.8, 4) is 0 Å². The Bertz CT molecular complexity index is 867. The van der Waals surface area contributed by atoms with Gasteiger partial charge in [0.25, 0.3) is 0 Å². The lowest BCUT2D eigenvalue weighted by molar-refractivity contribution is 0.0601. The standard InChI is InChI=1S/C20H20Cl2N2O2S/c1-26-18(25)14-12-13(8-9-16(14)21)23-19(27)24-20(10-4-5-11-20)15-6-2-3-7-17(15)22/h2-3,6-9,12H,4-5,10-11H2,1H3,(H2,23,24,27). The van der Waals surface area contributed by atoms with E-state index in [0.717, 1.165) is 36.3 Å². The number of methoxy groups -OCH3 is 1. The fourth-order valence-electron chi connectivity index (χ4n) is 3.54. The van der Waals surface area contributed by atoms with Gasteiger partial charge in [-0.05, 0) is 54.9 Å². The van der Waals surface area contributed by atoms with Crippen molar-refractivity contribution in [1.82, 2.24) is 5.32 Å². The van der Waals surface area contributed by atoms with E-state index in [1.165, 1.54) is 7.11 Å². The number of anilines is 1. The molecule has 2 N–H and O–H groups in total. The van der Waals surface area contributed by atoms with Crippen LogP contribution in [0.15, 0.2) is 42.5 Å². The number of carbonyl (C=O) groups excluding carboxylic acids is 1. The predicted octanol–water partition coefficient (Wildman–Crippen LogP) is 5.54. The predicted molar refractivity (Wildman–Crippen MR) is 114 cm³/mol. The Hall–Kier alpha value is -1.82. The molecule has 0 amide bonds. The highest BCUT2D eigenvalue weighted by Gasteiger charge is 2.37. The molecule has 142 valence electrons. The zero-order valence-corrected chi connectivity index (χ0v) is 17.2.